The smallest absolute Gasteiger partial charge is 0.375 e. The molecule has 3 rings (SSSR count). The van der Waals surface area contributed by atoms with Gasteiger partial charge in [0.1, 0.15) is 5.75 Å². The zero-order valence-corrected chi connectivity index (χ0v) is 10.8. The number of benzene rings is 1. The average Bonchev–Trinajstić information content (AvgIpc) is 3.08. The lowest BCUT2D eigenvalue weighted by Gasteiger charge is -2.08. The Morgan fingerprint density at radius 2 is 2.30 bits per heavy atom. The number of nitrogens with one attached hydrogen (secondary N) is 1. The third-order valence-corrected chi connectivity index (χ3v) is 3.22. The maximum atomic E-state index is 12.2. The monoisotopic (exact) mass is 272 g/mol. The predicted octanol–water partition coefficient (Wildman–Crippen LogP) is 1.38. The van der Waals surface area contributed by atoms with Crippen LogP contribution < -0.4 is 4.74 Å². The van der Waals surface area contributed by atoms with Gasteiger partial charge in [0.05, 0.1) is 7.11 Å². The van der Waals surface area contributed by atoms with Crippen molar-refractivity contribution in [1.82, 2.24) is 9.97 Å². The Labute approximate surface area is 114 Å². The largest absolute Gasteiger partial charge is 0.497 e. The maximum absolute atomic E-state index is 12.2. The van der Waals surface area contributed by atoms with Gasteiger partial charge in [0, 0.05) is 24.4 Å². The second-order valence-electron chi connectivity index (χ2n) is 4.42. The summed E-state index contributed by atoms with van der Waals surface area (Å²) in [5, 5.41) is 0. The second kappa shape index (κ2) is 4.80. The van der Waals surface area contributed by atoms with Crippen LogP contribution in [0.1, 0.15) is 26.5 Å². The highest BCUT2D eigenvalue weighted by atomic mass is 16.5. The molecule has 1 atom stereocenters. The molecule has 6 nitrogen and oxygen atoms in total. The summed E-state index contributed by atoms with van der Waals surface area (Å²) < 4.78 is 10.3. The van der Waals surface area contributed by atoms with Crippen molar-refractivity contribution >= 4 is 11.8 Å². The number of imidazole rings is 1. The first kappa shape index (κ1) is 12.4. The molecule has 20 heavy (non-hydrogen) atoms. The molecule has 1 aliphatic rings. The number of hydrogen-bond acceptors (Lipinski definition) is 5. The Hall–Kier alpha value is -2.63. The molecule has 0 saturated carbocycles. The van der Waals surface area contributed by atoms with Gasteiger partial charge in [-0.3, -0.25) is 4.79 Å². The fourth-order valence-electron chi connectivity index (χ4n) is 2.23. The second-order valence-corrected chi connectivity index (χ2v) is 4.42. The molecule has 0 bridgehead atoms. The van der Waals surface area contributed by atoms with Crippen LogP contribution in [0, 0.1) is 0 Å². The van der Waals surface area contributed by atoms with Crippen molar-refractivity contribution in [2.45, 2.75) is 12.5 Å². The van der Waals surface area contributed by atoms with Crippen molar-refractivity contribution in [3.05, 3.63) is 47.5 Å². The predicted molar refractivity (Wildman–Crippen MR) is 68.8 cm³/mol. The normalized spacial score (nSPS) is 16.9. The molecule has 1 N–H and O–H groups in total. The molecule has 0 saturated heterocycles. The number of rotatable bonds is 3. The van der Waals surface area contributed by atoms with Crippen LogP contribution in [-0.2, 0) is 11.2 Å². The quantitative estimate of drug-likeness (QED) is 0.854. The number of carbonyl (C=O) groups excluding carboxylic acids is 2. The fourth-order valence-corrected chi connectivity index (χ4v) is 2.23. The molecule has 0 amide bonds. The van der Waals surface area contributed by atoms with E-state index in [-0.39, 0.29) is 11.6 Å². The molecule has 1 heterocycles. The first-order chi connectivity index (χ1) is 9.69. The molecule has 1 aromatic carbocycles. The third kappa shape index (κ3) is 2.05. The van der Waals surface area contributed by atoms with Gasteiger partial charge in [-0.2, -0.15) is 0 Å². The van der Waals surface area contributed by atoms with E-state index in [4.69, 9.17) is 9.47 Å². The van der Waals surface area contributed by atoms with Gasteiger partial charge >= 0.3 is 5.97 Å². The maximum Gasteiger partial charge on any atom is 0.375 e. The fraction of sp³-hybridized carbons (Fsp3) is 0.214. The first-order valence-corrected chi connectivity index (χ1v) is 6.10. The number of aromatic amines is 1. The molecule has 0 fully saturated rings. The lowest BCUT2D eigenvalue weighted by Crippen LogP contribution is -2.24. The zero-order chi connectivity index (χ0) is 14.1. The van der Waals surface area contributed by atoms with E-state index in [0.29, 0.717) is 17.7 Å². The van der Waals surface area contributed by atoms with Crippen LogP contribution in [-0.4, -0.2) is 34.9 Å². The highest BCUT2D eigenvalue weighted by Gasteiger charge is 2.34. The summed E-state index contributed by atoms with van der Waals surface area (Å²) in [7, 11) is 1.56. The van der Waals surface area contributed by atoms with Gasteiger partial charge in [-0.05, 0) is 23.8 Å². The number of ketones is 1. The number of nitrogens with zero attached hydrogens (tertiary/aromatic N) is 1. The summed E-state index contributed by atoms with van der Waals surface area (Å²) in [4.78, 5) is 30.4. The van der Waals surface area contributed by atoms with E-state index >= 15 is 0 Å². The summed E-state index contributed by atoms with van der Waals surface area (Å²) in [6, 6.07) is 5.19. The van der Waals surface area contributed by atoms with E-state index in [9.17, 15) is 9.59 Å². The Morgan fingerprint density at radius 3 is 3.00 bits per heavy atom. The SMILES string of the molecule is COc1ccc2c(c1)CC(OC(=O)c1ncc[nH]1)C2=O. The van der Waals surface area contributed by atoms with Crippen LogP contribution in [0.4, 0.5) is 0 Å². The number of hydrogen-bond donors (Lipinski definition) is 1. The highest BCUT2D eigenvalue weighted by Crippen LogP contribution is 2.28. The minimum atomic E-state index is -0.797. The van der Waals surface area contributed by atoms with Crippen LogP contribution in [0.3, 0.4) is 0 Å². The van der Waals surface area contributed by atoms with Crippen LogP contribution >= 0.6 is 0 Å². The van der Waals surface area contributed by atoms with Crippen LogP contribution in [0.5, 0.6) is 5.75 Å². The van der Waals surface area contributed by atoms with Crippen molar-refractivity contribution in [3.8, 4) is 5.75 Å². The van der Waals surface area contributed by atoms with Crippen molar-refractivity contribution in [3.63, 3.8) is 0 Å². The van der Waals surface area contributed by atoms with E-state index in [1.807, 2.05) is 0 Å². The van der Waals surface area contributed by atoms with Crippen LogP contribution in [0.15, 0.2) is 30.6 Å². The Morgan fingerprint density at radius 1 is 1.45 bits per heavy atom. The molecule has 1 aromatic heterocycles. The molecular formula is C14H12N2O4. The standard InChI is InChI=1S/C14H12N2O4/c1-19-9-2-3-10-8(6-9)7-11(12(10)17)20-14(18)13-15-4-5-16-13/h2-6,11H,7H2,1H3,(H,15,16). The van der Waals surface area contributed by atoms with Gasteiger partial charge in [-0.1, -0.05) is 0 Å². The topological polar surface area (TPSA) is 81.3 Å². The number of aromatic nitrogens is 2. The number of methoxy groups -OCH3 is 1. The molecule has 0 aliphatic heterocycles. The number of ether oxygens (including phenoxy) is 2. The van der Waals surface area contributed by atoms with Crippen molar-refractivity contribution < 1.29 is 19.1 Å². The third-order valence-electron chi connectivity index (χ3n) is 3.22. The summed E-state index contributed by atoms with van der Waals surface area (Å²) in [5.74, 6) is -0.0587. The molecule has 0 radical (unpaired) electrons. The summed E-state index contributed by atoms with van der Waals surface area (Å²) in [6.07, 6.45) is 2.53. The van der Waals surface area contributed by atoms with Crippen molar-refractivity contribution in [1.29, 1.82) is 0 Å². The zero-order valence-electron chi connectivity index (χ0n) is 10.8. The number of carbonyl (C=O) groups is 2. The number of H-pyrrole nitrogens is 1. The van der Waals surface area contributed by atoms with Gasteiger partial charge in [0.25, 0.3) is 0 Å². The van der Waals surface area contributed by atoms with E-state index in [1.54, 1.807) is 25.3 Å². The summed E-state index contributed by atoms with van der Waals surface area (Å²) in [5.41, 5.74) is 1.40. The van der Waals surface area contributed by atoms with Gasteiger partial charge < -0.3 is 14.5 Å². The van der Waals surface area contributed by atoms with Crippen molar-refractivity contribution in [2.75, 3.05) is 7.11 Å². The summed E-state index contributed by atoms with van der Waals surface area (Å²) >= 11 is 0. The molecular weight excluding hydrogens is 260 g/mol. The van der Waals surface area contributed by atoms with Crippen LogP contribution in [0.25, 0.3) is 0 Å². The van der Waals surface area contributed by atoms with Gasteiger partial charge in [-0.25, -0.2) is 9.78 Å². The summed E-state index contributed by atoms with van der Waals surface area (Å²) in [6.45, 7) is 0. The minimum absolute atomic E-state index is 0.0892. The highest BCUT2D eigenvalue weighted by molar-refractivity contribution is 6.05. The molecule has 6 heteroatoms. The number of Topliss-reactive ketones (excluding diaryl/α,β-unsaturated/α-hetero) is 1. The Bertz CT molecular complexity index is 664. The van der Waals surface area contributed by atoms with Crippen molar-refractivity contribution in [2.24, 2.45) is 0 Å². The molecule has 1 unspecified atom stereocenters. The average molecular weight is 272 g/mol. The van der Waals surface area contributed by atoms with Gasteiger partial charge in [-0.15, -0.1) is 0 Å². The molecule has 1 aliphatic carbocycles. The lowest BCUT2D eigenvalue weighted by atomic mass is 10.1. The van der Waals surface area contributed by atoms with Gasteiger partial charge in [0.2, 0.25) is 11.6 Å². The molecule has 0 spiro atoms. The van der Waals surface area contributed by atoms with E-state index < -0.39 is 12.1 Å². The van der Waals surface area contributed by atoms with Crippen LogP contribution in [0.2, 0.25) is 0 Å². The Balaban J connectivity index is 1.78. The number of esters is 1. The van der Waals surface area contributed by atoms with E-state index in [1.165, 1.54) is 12.4 Å². The Kier molecular flexibility index (Phi) is 2.98. The van der Waals surface area contributed by atoms with Gasteiger partial charge in [0.15, 0.2) is 6.10 Å². The van der Waals surface area contributed by atoms with E-state index in [0.717, 1.165) is 5.56 Å². The first-order valence-electron chi connectivity index (χ1n) is 6.10. The van der Waals surface area contributed by atoms with E-state index in [2.05, 4.69) is 9.97 Å². The molecule has 102 valence electrons. The lowest BCUT2D eigenvalue weighted by molar-refractivity contribution is 0.0293. The number of fused-ring (bicyclic) bond motifs is 1. The molecule has 2 aromatic rings. The minimum Gasteiger partial charge on any atom is -0.497 e.